The van der Waals surface area contributed by atoms with Gasteiger partial charge >= 0.3 is 0 Å². The molecule has 0 bridgehead atoms. The molecule has 0 saturated carbocycles. The second-order valence-electron chi connectivity index (χ2n) is 7.79. The van der Waals surface area contributed by atoms with Gasteiger partial charge < -0.3 is 4.90 Å². The molecule has 2 heterocycles. The summed E-state index contributed by atoms with van der Waals surface area (Å²) >= 11 is 1.65. The number of hydrogen-bond donors (Lipinski definition) is 0. The summed E-state index contributed by atoms with van der Waals surface area (Å²) in [6.07, 6.45) is 4.67. The highest BCUT2D eigenvalue weighted by molar-refractivity contribution is 8.00. The minimum absolute atomic E-state index is 0.170. The third kappa shape index (κ3) is 4.76. The van der Waals surface area contributed by atoms with Crippen molar-refractivity contribution in [2.24, 2.45) is 5.92 Å². The van der Waals surface area contributed by atoms with Gasteiger partial charge in [-0.1, -0.05) is 24.3 Å². The fourth-order valence-electron chi connectivity index (χ4n) is 4.22. The predicted molar refractivity (Wildman–Crippen MR) is 113 cm³/mol. The van der Waals surface area contributed by atoms with Crippen LogP contribution in [0.15, 0.2) is 53.4 Å². The van der Waals surface area contributed by atoms with Gasteiger partial charge in [0.1, 0.15) is 5.82 Å². The molecule has 28 heavy (non-hydrogen) atoms. The van der Waals surface area contributed by atoms with Gasteiger partial charge in [0.05, 0.1) is 11.4 Å². The molecule has 0 spiro atoms. The number of fused-ring (bicyclic) bond motifs is 1. The number of rotatable bonds is 6. The number of nitrogens with zero attached hydrogens (tertiary/aromatic N) is 2. The molecule has 5 heteroatoms. The van der Waals surface area contributed by atoms with Crippen LogP contribution >= 0.6 is 11.8 Å². The van der Waals surface area contributed by atoms with Crippen molar-refractivity contribution in [3.05, 3.63) is 59.9 Å². The van der Waals surface area contributed by atoms with Crippen LogP contribution in [0.5, 0.6) is 0 Å². The molecule has 0 N–H and O–H groups in total. The Hall–Kier alpha value is -1.85. The molecule has 2 aromatic rings. The van der Waals surface area contributed by atoms with Crippen LogP contribution in [0.3, 0.4) is 0 Å². The first kappa shape index (κ1) is 19.5. The van der Waals surface area contributed by atoms with Crippen molar-refractivity contribution >= 4 is 23.4 Å². The summed E-state index contributed by atoms with van der Waals surface area (Å²) in [4.78, 5) is 18.0. The summed E-state index contributed by atoms with van der Waals surface area (Å²) in [5.74, 6) is 1.36. The van der Waals surface area contributed by atoms with E-state index in [9.17, 15) is 9.18 Å². The lowest BCUT2D eigenvalue weighted by atomic mass is 9.92. The monoisotopic (exact) mass is 398 g/mol. The Morgan fingerprint density at radius 3 is 2.57 bits per heavy atom. The molecule has 1 amide bonds. The van der Waals surface area contributed by atoms with Gasteiger partial charge in [0.25, 0.3) is 0 Å². The fourth-order valence-corrected chi connectivity index (χ4v) is 5.15. The quantitative estimate of drug-likeness (QED) is 0.687. The zero-order valence-electron chi connectivity index (χ0n) is 16.1. The Labute approximate surface area is 170 Å². The van der Waals surface area contributed by atoms with E-state index in [-0.39, 0.29) is 11.7 Å². The third-order valence-corrected chi connectivity index (χ3v) is 6.88. The fraction of sp³-hybridized carbons (Fsp3) is 0.435. The van der Waals surface area contributed by atoms with Gasteiger partial charge in [0.15, 0.2) is 0 Å². The summed E-state index contributed by atoms with van der Waals surface area (Å²) in [6, 6.07) is 15.1. The molecule has 2 aromatic carbocycles. The molecule has 0 aromatic heterocycles. The van der Waals surface area contributed by atoms with Crippen LogP contribution < -0.4 is 4.90 Å². The van der Waals surface area contributed by atoms with Gasteiger partial charge in [-0.05, 0) is 74.5 Å². The second kappa shape index (κ2) is 9.10. The van der Waals surface area contributed by atoms with E-state index >= 15 is 0 Å². The maximum atomic E-state index is 13.0. The Kier molecular flexibility index (Phi) is 6.33. The molecule has 4 rings (SSSR count). The number of para-hydroxylation sites is 1. The number of likely N-dealkylation sites (tertiary alicyclic amines) is 1. The predicted octanol–water partition coefficient (Wildman–Crippen LogP) is 4.96. The van der Waals surface area contributed by atoms with Crippen molar-refractivity contribution in [2.75, 3.05) is 30.3 Å². The molecular weight excluding hydrogens is 371 g/mol. The summed E-state index contributed by atoms with van der Waals surface area (Å²) in [7, 11) is 0. The molecule has 148 valence electrons. The molecule has 1 fully saturated rings. The van der Waals surface area contributed by atoms with Crippen molar-refractivity contribution in [1.29, 1.82) is 0 Å². The summed E-state index contributed by atoms with van der Waals surface area (Å²) in [6.45, 7) is 3.93. The van der Waals surface area contributed by atoms with Crippen LogP contribution in [-0.4, -0.2) is 36.2 Å². The first-order chi connectivity index (χ1) is 13.7. The Morgan fingerprint density at radius 2 is 1.79 bits per heavy atom. The number of carbonyl (C=O) groups is 1. The van der Waals surface area contributed by atoms with E-state index < -0.39 is 0 Å². The van der Waals surface area contributed by atoms with Crippen LogP contribution in [0, 0.1) is 11.7 Å². The number of carbonyl (C=O) groups excluding carboxylic acids is 1. The smallest absolute Gasteiger partial charge is 0.237 e. The van der Waals surface area contributed by atoms with E-state index in [0.29, 0.717) is 5.75 Å². The number of amides is 1. The molecule has 1 saturated heterocycles. The summed E-state index contributed by atoms with van der Waals surface area (Å²) in [5.41, 5.74) is 2.26. The van der Waals surface area contributed by atoms with Crippen LogP contribution in [0.1, 0.15) is 31.2 Å². The van der Waals surface area contributed by atoms with Gasteiger partial charge in [-0.2, -0.15) is 0 Å². The minimum Gasteiger partial charge on any atom is -0.311 e. The molecule has 0 unspecified atom stereocenters. The Balaban J connectivity index is 1.22. The van der Waals surface area contributed by atoms with Gasteiger partial charge in [0.2, 0.25) is 5.91 Å². The molecule has 0 atom stereocenters. The minimum atomic E-state index is -0.170. The zero-order valence-corrected chi connectivity index (χ0v) is 17.0. The lowest BCUT2D eigenvalue weighted by Crippen LogP contribution is -2.37. The first-order valence-electron chi connectivity index (χ1n) is 10.2. The second-order valence-corrected chi connectivity index (χ2v) is 8.81. The number of anilines is 1. The van der Waals surface area contributed by atoms with Crippen molar-refractivity contribution in [3.63, 3.8) is 0 Å². The normalized spacial score (nSPS) is 18.3. The van der Waals surface area contributed by atoms with Crippen LogP contribution in [-0.2, 0) is 11.3 Å². The van der Waals surface area contributed by atoms with Gasteiger partial charge in [-0.15, -0.1) is 11.8 Å². The number of hydrogen-bond acceptors (Lipinski definition) is 3. The highest BCUT2D eigenvalue weighted by Crippen LogP contribution is 2.35. The van der Waals surface area contributed by atoms with Crippen LogP contribution in [0.25, 0.3) is 0 Å². The Bertz CT molecular complexity index is 803. The number of thioether (sulfide) groups is 1. The van der Waals surface area contributed by atoms with Crippen molar-refractivity contribution < 1.29 is 9.18 Å². The first-order valence-corrected chi connectivity index (χ1v) is 11.2. The molecule has 2 aliphatic rings. The standard InChI is InChI=1S/C23H27FN2OS/c24-20-9-7-19(8-10-20)16-25-14-11-18(12-15-25)4-3-13-26-21-5-1-2-6-22(21)28-17-23(26)27/h1-2,5-10,18H,3-4,11-17H2. The zero-order chi connectivity index (χ0) is 19.3. The van der Waals surface area contributed by atoms with Crippen LogP contribution in [0.2, 0.25) is 0 Å². The average molecular weight is 399 g/mol. The molecule has 3 nitrogen and oxygen atoms in total. The van der Waals surface area contributed by atoms with Crippen molar-refractivity contribution in [3.8, 4) is 0 Å². The van der Waals surface area contributed by atoms with Gasteiger partial charge in [-0.25, -0.2) is 4.39 Å². The highest BCUT2D eigenvalue weighted by Gasteiger charge is 2.25. The maximum absolute atomic E-state index is 13.0. The van der Waals surface area contributed by atoms with E-state index in [2.05, 4.69) is 17.0 Å². The maximum Gasteiger partial charge on any atom is 0.237 e. The van der Waals surface area contributed by atoms with E-state index in [1.54, 1.807) is 23.9 Å². The van der Waals surface area contributed by atoms with E-state index in [4.69, 9.17) is 0 Å². The topological polar surface area (TPSA) is 23.6 Å². The summed E-state index contributed by atoms with van der Waals surface area (Å²) < 4.78 is 13.0. The van der Waals surface area contributed by atoms with E-state index in [1.165, 1.54) is 29.7 Å². The lowest BCUT2D eigenvalue weighted by molar-refractivity contribution is -0.116. The highest BCUT2D eigenvalue weighted by atomic mass is 32.2. The van der Waals surface area contributed by atoms with Crippen molar-refractivity contribution in [2.45, 2.75) is 37.1 Å². The summed E-state index contributed by atoms with van der Waals surface area (Å²) in [5, 5.41) is 0. The SMILES string of the molecule is O=C1CSc2ccccc2N1CCCC1CCN(Cc2ccc(F)cc2)CC1. The third-order valence-electron chi connectivity index (χ3n) is 5.83. The average Bonchev–Trinajstić information content (AvgIpc) is 2.72. The largest absolute Gasteiger partial charge is 0.311 e. The lowest BCUT2D eigenvalue weighted by Gasteiger charge is -2.33. The molecule has 0 aliphatic carbocycles. The molecular formula is C23H27FN2OS. The van der Waals surface area contributed by atoms with E-state index in [0.717, 1.165) is 44.2 Å². The Morgan fingerprint density at radius 1 is 1.04 bits per heavy atom. The number of benzene rings is 2. The number of halogens is 1. The molecule has 0 radical (unpaired) electrons. The van der Waals surface area contributed by atoms with Gasteiger partial charge in [-0.3, -0.25) is 9.69 Å². The van der Waals surface area contributed by atoms with Crippen LogP contribution in [0.4, 0.5) is 10.1 Å². The van der Waals surface area contributed by atoms with E-state index in [1.807, 2.05) is 29.2 Å². The molecule has 2 aliphatic heterocycles. The van der Waals surface area contributed by atoms with Crippen molar-refractivity contribution in [1.82, 2.24) is 4.90 Å². The van der Waals surface area contributed by atoms with Gasteiger partial charge in [0, 0.05) is 18.0 Å². The number of piperidine rings is 1.